The second-order valence-electron chi connectivity index (χ2n) is 22.9. The van der Waals surface area contributed by atoms with Crippen LogP contribution in [0.2, 0.25) is 0 Å². The fraction of sp³-hybridized carbons (Fsp3) is 0.176. The van der Waals surface area contributed by atoms with Crippen molar-refractivity contribution >= 4 is 60.5 Å². The monoisotopic (exact) mass is 899 g/mol. The van der Waals surface area contributed by atoms with Crippen molar-refractivity contribution < 1.29 is 4.42 Å². The van der Waals surface area contributed by atoms with E-state index >= 15 is 0 Å². The van der Waals surface area contributed by atoms with Gasteiger partial charge < -0.3 is 9.32 Å². The van der Waals surface area contributed by atoms with E-state index in [1.807, 2.05) is 0 Å². The van der Waals surface area contributed by atoms with E-state index < -0.39 is 0 Å². The lowest BCUT2D eigenvalue weighted by atomic mass is 9.78. The van der Waals surface area contributed by atoms with Gasteiger partial charge in [0.25, 0.3) is 0 Å². The maximum absolute atomic E-state index is 6.83. The Kier molecular flexibility index (Phi) is 7.55. The Balaban J connectivity index is 0.895. The van der Waals surface area contributed by atoms with Crippen molar-refractivity contribution in [2.75, 3.05) is 4.90 Å². The van der Waals surface area contributed by atoms with Crippen molar-refractivity contribution in [3.63, 3.8) is 0 Å². The Hall–Kier alpha value is -7.68. The SMILES string of the molecule is CC1(C)c2ccccc2-c2cc3c(cc21)-c1ccc2cc(N(c4ccc5c6c(ccc5c4)-c4cc5c(cc4C6(C)C)-c4ccccc4C5(C)C)c4cccc5c4oc4ccccc45)ccc2c1C3(C)C. The first kappa shape index (κ1) is 40.2. The standard InChI is InChI=1S/C68H53NO/c1-65(2)54-20-12-9-16-44(54)50-34-58-52(36-56(50)65)47-28-24-38-32-40(26-30-42(38)62(47)67(58,5)6)69(60-22-15-19-49-46-18-11-14-23-61(46)70-64(49)60)41-27-31-43-39(33-41)25-29-48-53-37-57-51(35-59(53)68(7,8)63(43)48)45-17-10-13-21-55(45)66(57,3)4/h9-37H,1-8H3. The number of furan rings is 1. The number of fused-ring (bicyclic) bond motifs is 19. The molecule has 70 heavy (non-hydrogen) atoms. The fourth-order valence-corrected chi connectivity index (χ4v) is 14.3. The molecule has 0 aliphatic heterocycles. The van der Waals surface area contributed by atoms with Gasteiger partial charge in [0.05, 0.1) is 5.69 Å². The van der Waals surface area contributed by atoms with Crippen LogP contribution in [0.25, 0.3) is 88.0 Å². The van der Waals surface area contributed by atoms with Crippen LogP contribution in [0.5, 0.6) is 0 Å². The average Bonchev–Trinajstić information content (AvgIpc) is 4.07. The molecule has 0 amide bonds. The first-order chi connectivity index (χ1) is 33.7. The van der Waals surface area contributed by atoms with Crippen molar-refractivity contribution in [1.82, 2.24) is 0 Å². The summed E-state index contributed by atoms with van der Waals surface area (Å²) in [6.45, 7) is 19.3. The van der Waals surface area contributed by atoms with E-state index in [2.05, 4.69) is 236 Å². The van der Waals surface area contributed by atoms with Crippen molar-refractivity contribution in [2.24, 2.45) is 0 Å². The third-order valence-electron chi connectivity index (χ3n) is 17.8. The van der Waals surface area contributed by atoms with E-state index in [1.54, 1.807) is 0 Å². The van der Waals surface area contributed by atoms with Gasteiger partial charge in [-0.25, -0.2) is 0 Å². The molecule has 0 spiro atoms. The van der Waals surface area contributed by atoms with Crippen LogP contribution in [0.1, 0.15) is 99.9 Å². The second kappa shape index (κ2) is 13.1. The Bertz CT molecular complexity index is 3970. The Morgan fingerprint density at radius 2 is 0.757 bits per heavy atom. The largest absolute Gasteiger partial charge is 0.454 e. The van der Waals surface area contributed by atoms with Crippen LogP contribution in [-0.2, 0) is 21.7 Å². The lowest BCUT2D eigenvalue weighted by molar-refractivity contribution is 0.654. The van der Waals surface area contributed by atoms with Gasteiger partial charge in [0.15, 0.2) is 5.58 Å². The second-order valence-corrected chi connectivity index (χ2v) is 22.9. The molecule has 0 fully saturated rings. The molecular formula is C68H53NO. The summed E-state index contributed by atoms with van der Waals surface area (Å²) in [5.74, 6) is 0. The molecule has 0 radical (unpaired) electrons. The van der Waals surface area contributed by atoms with E-state index in [9.17, 15) is 0 Å². The molecule has 0 bridgehead atoms. The van der Waals surface area contributed by atoms with E-state index in [0.29, 0.717) is 0 Å². The highest BCUT2D eigenvalue weighted by molar-refractivity contribution is 6.11. The number of para-hydroxylation sites is 2. The molecule has 10 aromatic carbocycles. The highest BCUT2D eigenvalue weighted by Gasteiger charge is 2.44. The van der Waals surface area contributed by atoms with Crippen LogP contribution in [0, 0.1) is 0 Å². The zero-order valence-electron chi connectivity index (χ0n) is 41.1. The number of nitrogens with zero attached hydrogens (tertiary/aromatic N) is 1. The van der Waals surface area contributed by atoms with Gasteiger partial charge in [0.2, 0.25) is 0 Å². The van der Waals surface area contributed by atoms with Gasteiger partial charge in [-0.05, 0) is 171 Å². The molecule has 0 unspecified atom stereocenters. The van der Waals surface area contributed by atoms with Gasteiger partial charge in [0, 0.05) is 43.8 Å². The molecular weight excluding hydrogens is 847 g/mol. The first-order valence-corrected chi connectivity index (χ1v) is 25.2. The minimum absolute atomic E-state index is 0.0548. The van der Waals surface area contributed by atoms with Gasteiger partial charge in [0.1, 0.15) is 5.58 Å². The minimum atomic E-state index is -0.186. The van der Waals surface area contributed by atoms with Gasteiger partial charge >= 0.3 is 0 Å². The highest BCUT2D eigenvalue weighted by atomic mass is 16.3. The molecule has 0 saturated heterocycles. The van der Waals surface area contributed by atoms with Gasteiger partial charge in [-0.15, -0.1) is 0 Å². The predicted molar refractivity (Wildman–Crippen MR) is 294 cm³/mol. The molecule has 336 valence electrons. The van der Waals surface area contributed by atoms with E-state index in [1.165, 1.54) is 111 Å². The molecule has 11 aromatic rings. The zero-order valence-corrected chi connectivity index (χ0v) is 41.1. The summed E-state index contributed by atoms with van der Waals surface area (Å²) in [7, 11) is 0. The lowest BCUT2D eigenvalue weighted by Gasteiger charge is -2.28. The lowest BCUT2D eigenvalue weighted by Crippen LogP contribution is -2.17. The van der Waals surface area contributed by atoms with Crippen molar-refractivity contribution in [3.05, 3.63) is 220 Å². The topological polar surface area (TPSA) is 16.4 Å². The van der Waals surface area contributed by atoms with Crippen LogP contribution >= 0.6 is 0 Å². The number of hydrogen-bond donors (Lipinski definition) is 0. The zero-order chi connectivity index (χ0) is 47.4. The Labute approximate surface area is 409 Å². The normalized spacial score (nSPS) is 16.5. The van der Waals surface area contributed by atoms with E-state index in [-0.39, 0.29) is 21.7 Å². The maximum Gasteiger partial charge on any atom is 0.159 e. The molecule has 0 atom stereocenters. The summed E-state index contributed by atoms with van der Waals surface area (Å²) in [5.41, 5.74) is 26.8. The van der Waals surface area contributed by atoms with Gasteiger partial charge in [-0.2, -0.15) is 0 Å². The quantitative estimate of drug-likeness (QED) is 0.176. The molecule has 2 nitrogen and oxygen atoms in total. The molecule has 15 rings (SSSR count). The summed E-state index contributed by atoms with van der Waals surface area (Å²) in [6.07, 6.45) is 0. The molecule has 0 N–H and O–H groups in total. The van der Waals surface area contributed by atoms with E-state index in [0.717, 1.165) is 39.0 Å². The van der Waals surface area contributed by atoms with E-state index in [4.69, 9.17) is 4.42 Å². The smallest absolute Gasteiger partial charge is 0.159 e. The number of rotatable bonds is 3. The van der Waals surface area contributed by atoms with Crippen LogP contribution in [0.15, 0.2) is 180 Å². The molecule has 4 aliphatic carbocycles. The molecule has 1 aromatic heterocycles. The van der Waals surface area contributed by atoms with Crippen molar-refractivity contribution in [2.45, 2.75) is 77.0 Å². The minimum Gasteiger partial charge on any atom is -0.454 e. The van der Waals surface area contributed by atoms with Crippen LogP contribution in [-0.4, -0.2) is 0 Å². The summed E-state index contributed by atoms with van der Waals surface area (Å²) < 4.78 is 6.83. The molecule has 2 heteroatoms. The van der Waals surface area contributed by atoms with Crippen molar-refractivity contribution in [1.29, 1.82) is 0 Å². The van der Waals surface area contributed by atoms with Gasteiger partial charge in [-0.3, -0.25) is 0 Å². The summed E-state index contributed by atoms with van der Waals surface area (Å²) in [4.78, 5) is 2.43. The van der Waals surface area contributed by atoms with Gasteiger partial charge in [-0.1, -0.05) is 171 Å². The molecule has 4 aliphatic rings. The fourth-order valence-electron chi connectivity index (χ4n) is 14.3. The first-order valence-electron chi connectivity index (χ1n) is 25.2. The molecule has 0 saturated carbocycles. The van der Waals surface area contributed by atoms with Crippen LogP contribution in [0.4, 0.5) is 17.1 Å². The number of anilines is 3. The number of hydrogen-bond acceptors (Lipinski definition) is 2. The highest BCUT2D eigenvalue weighted by Crippen LogP contribution is 2.60. The third-order valence-corrected chi connectivity index (χ3v) is 17.8. The third kappa shape index (κ3) is 4.94. The summed E-state index contributed by atoms with van der Waals surface area (Å²) >= 11 is 0. The Morgan fingerprint density at radius 1 is 0.314 bits per heavy atom. The van der Waals surface area contributed by atoms with Crippen LogP contribution < -0.4 is 4.90 Å². The Morgan fingerprint density at radius 3 is 1.29 bits per heavy atom. The van der Waals surface area contributed by atoms with Crippen LogP contribution in [0.3, 0.4) is 0 Å². The average molecular weight is 900 g/mol. The summed E-state index contributed by atoms with van der Waals surface area (Å²) in [6, 6.07) is 66.9. The van der Waals surface area contributed by atoms with Crippen molar-refractivity contribution in [3.8, 4) is 44.5 Å². The number of benzene rings is 10. The maximum atomic E-state index is 6.83. The summed E-state index contributed by atoms with van der Waals surface area (Å²) in [5, 5.41) is 7.31. The predicted octanol–water partition coefficient (Wildman–Crippen LogP) is 18.6. The molecule has 1 heterocycles.